The molecule has 8 heteroatoms. The summed E-state index contributed by atoms with van der Waals surface area (Å²) in [4.78, 5) is 13.6. The van der Waals surface area contributed by atoms with Gasteiger partial charge in [-0.05, 0) is 65.5 Å². The van der Waals surface area contributed by atoms with Gasteiger partial charge in [0, 0.05) is 23.3 Å². The number of hydrogen-bond acceptors (Lipinski definition) is 7. The molecule has 0 aliphatic carbocycles. The maximum absolute atomic E-state index is 13.6. The van der Waals surface area contributed by atoms with Crippen LogP contribution >= 0.6 is 0 Å². The van der Waals surface area contributed by atoms with E-state index in [1.54, 1.807) is 13.8 Å². The van der Waals surface area contributed by atoms with E-state index in [9.17, 15) is 25.2 Å². The Hall–Kier alpha value is -3.23. The first-order valence-corrected chi connectivity index (χ1v) is 10.6. The summed E-state index contributed by atoms with van der Waals surface area (Å²) in [6.45, 7) is 7.18. The number of benzene rings is 2. The van der Waals surface area contributed by atoms with E-state index >= 15 is 0 Å². The lowest BCUT2D eigenvalue weighted by Crippen LogP contribution is -2.32. The van der Waals surface area contributed by atoms with Crippen molar-refractivity contribution in [2.45, 2.75) is 64.6 Å². The smallest absolute Gasteiger partial charge is 0.200 e. The van der Waals surface area contributed by atoms with Crippen LogP contribution < -0.4 is 10.2 Å². The van der Waals surface area contributed by atoms with Gasteiger partial charge in [0.25, 0.3) is 0 Å². The third-order valence-electron chi connectivity index (χ3n) is 5.88. The van der Waals surface area contributed by atoms with E-state index < -0.39 is 16.6 Å². The maximum Gasteiger partial charge on any atom is 0.200 e. The Kier molecular flexibility index (Phi) is 6.12. The lowest BCUT2D eigenvalue weighted by atomic mass is 9.91. The summed E-state index contributed by atoms with van der Waals surface area (Å²) in [5.41, 5.74) is -0.513. The third-order valence-corrected chi connectivity index (χ3v) is 5.88. The highest BCUT2D eigenvalue weighted by atomic mass is 16.5. The van der Waals surface area contributed by atoms with Crippen LogP contribution in [0.5, 0.6) is 23.0 Å². The molecule has 1 aromatic heterocycles. The first-order valence-electron chi connectivity index (χ1n) is 10.6. The van der Waals surface area contributed by atoms with Gasteiger partial charge in [-0.2, -0.15) is 0 Å². The standard InChI is InChI=1S/C25H28O7.H2O/c1-24(2,30)9-7-16-21(29)20-18(28)12-19-15(8-10-25(3,4)32-19)23(20)31-22(16)14-6-5-13(26)11-17(14)27;/h5-6,11-12,26-28,30H,7-10H2,1-4H3;1H2. The molecule has 0 fully saturated rings. The molecule has 0 spiro atoms. The van der Waals surface area contributed by atoms with Crippen molar-refractivity contribution in [3.8, 4) is 34.3 Å². The topological polar surface area (TPSA) is 152 Å². The Balaban J connectivity index is 0.00000306. The van der Waals surface area contributed by atoms with Crippen LogP contribution in [0.3, 0.4) is 0 Å². The number of aliphatic hydroxyl groups is 1. The Morgan fingerprint density at radius 3 is 2.42 bits per heavy atom. The van der Waals surface area contributed by atoms with Crippen molar-refractivity contribution in [2.24, 2.45) is 0 Å². The third kappa shape index (κ3) is 4.62. The molecule has 1 aliphatic heterocycles. The predicted octanol–water partition coefficient (Wildman–Crippen LogP) is 3.56. The number of phenolic OH excluding ortho intramolecular Hbond substituents is 3. The summed E-state index contributed by atoms with van der Waals surface area (Å²) in [6.07, 6.45) is 1.71. The summed E-state index contributed by atoms with van der Waals surface area (Å²) >= 11 is 0. The summed E-state index contributed by atoms with van der Waals surface area (Å²) in [7, 11) is 0. The fraction of sp³-hybridized carbons (Fsp3) is 0.400. The van der Waals surface area contributed by atoms with Crippen LogP contribution in [0.15, 0.2) is 33.5 Å². The Morgan fingerprint density at radius 1 is 1.09 bits per heavy atom. The van der Waals surface area contributed by atoms with Gasteiger partial charge in [-0.3, -0.25) is 4.79 Å². The molecule has 3 aromatic rings. The number of aromatic hydroxyl groups is 3. The van der Waals surface area contributed by atoms with E-state index in [0.29, 0.717) is 24.2 Å². The summed E-state index contributed by atoms with van der Waals surface area (Å²) < 4.78 is 12.2. The second-order valence-corrected chi connectivity index (χ2v) is 9.69. The predicted molar refractivity (Wildman–Crippen MR) is 124 cm³/mol. The molecule has 1 aliphatic rings. The molecule has 178 valence electrons. The van der Waals surface area contributed by atoms with Gasteiger partial charge >= 0.3 is 0 Å². The van der Waals surface area contributed by atoms with Crippen LogP contribution in [-0.4, -0.2) is 37.1 Å². The summed E-state index contributed by atoms with van der Waals surface area (Å²) in [6, 6.07) is 5.48. The zero-order chi connectivity index (χ0) is 23.4. The number of aryl methyl sites for hydroxylation is 1. The highest BCUT2D eigenvalue weighted by molar-refractivity contribution is 5.91. The number of phenols is 3. The average Bonchev–Trinajstić information content (AvgIpc) is 2.65. The molecule has 8 nitrogen and oxygen atoms in total. The van der Waals surface area contributed by atoms with Crippen LogP contribution in [0.2, 0.25) is 0 Å². The van der Waals surface area contributed by atoms with E-state index in [1.165, 1.54) is 24.3 Å². The number of ether oxygens (including phenoxy) is 1. The number of hydrogen-bond donors (Lipinski definition) is 4. The second kappa shape index (κ2) is 8.28. The van der Waals surface area contributed by atoms with E-state index in [4.69, 9.17) is 9.15 Å². The Bertz CT molecular complexity index is 1260. The molecule has 0 amide bonds. The van der Waals surface area contributed by atoms with Crippen molar-refractivity contribution in [3.63, 3.8) is 0 Å². The lowest BCUT2D eigenvalue weighted by Gasteiger charge is -2.33. The van der Waals surface area contributed by atoms with Crippen molar-refractivity contribution in [1.29, 1.82) is 0 Å². The van der Waals surface area contributed by atoms with Gasteiger partial charge in [0.15, 0.2) is 5.43 Å². The fourth-order valence-corrected chi connectivity index (χ4v) is 4.10. The van der Waals surface area contributed by atoms with Crippen LogP contribution in [0.25, 0.3) is 22.3 Å². The van der Waals surface area contributed by atoms with Gasteiger partial charge in [0.2, 0.25) is 0 Å². The van der Waals surface area contributed by atoms with Crippen molar-refractivity contribution >= 4 is 11.0 Å². The molecule has 0 saturated heterocycles. The average molecular weight is 459 g/mol. The SMILES string of the molecule is CC(C)(O)CCc1c(-c2ccc(O)cc2O)oc2c3c(cc(O)c2c1=O)OC(C)(C)CC3.O. The molecule has 33 heavy (non-hydrogen) atoms. The van der Waals surface area contributed by atoms with Crippen molar-refractivity contribution in [2.75, 3.05) is 0 Å². The van der Waals surface area contributed by atoms with Crippen LogP contribution in [0, 0.1) is 0 Å². The van der Waals surface area contributed by atoms with Crippen LogP contribution in [0.4, 0.5) is 0 Å². The second-order valence-electron chi connectivity index (χ2n) is 9.69. The minimum absolute atomic E-state index is 0. The molecule has 2 heterocycles. The van der Waals surface area contributed by atoms with Gasteiger partial charge in [-0.1, -0.05) is 0 Å². The minimum atomic E-state index is -1.03. The van der Waals surface area contributed by atoms with Gasteiger partial charge in [0.05, 0.1) is 11.2 Å². The van der Waals surface area contributed by atoms with Crippen molar-refractivity contribution in [3.05, 3.63) is 45.6 Å². The Labute approximate surface area is 191 Å². The summed E-state index contributed by atoms with van der Waals surface area (Å²) in [5.74, 6) is -0.0147. The van der Waals surface area contributed by atoms with Crippen LogP contribution in [-0.2, 0) is 12.8 Å². The molecule has 0 saturated carbocycles. The first-order chi connectivity index (χ1) is 14.9. The zero-order valence-corrected chi connectivity index (χ0v) is 19.2. The van der Waals surface area contributed by atoms with Crippen molar-refractivity contribution in [1.82, 2.24) is 0 Å². The summed E-state index contributed by atoms with van der Waals surface area (Å²) in [5, 5.41) is 41.2. The fourth-order valence-electron chi connectivity index (χ4n) is 4.10. The van der Waals surface area contributed by atoms with Crippen molar-refractivity contribution < 1.29 is 35.1 Å². The van der Waals surface area contributed by atoms with E-state index in [-0.39, 0.29) is 63.4 Å². The first kappa shape index (κ1) is 24.4. The molecular formula is C25H30O8. The lowest BCUT2D eigenvalue weighted by molar-refractivity contribution is 0.0713. The molecule has 4 rings (SSSR count). The van der Waals surface area contributed by atoms with E-state index in [1.807, 2.05) is 13.8 Å². The van der Waals surface area contributed by atoms with Crippen LogP contribution in [0.1, 0.15) is 51.7 Å². The Morgan fingerprint density at radius 2 is 1.79 bits per heavy atom. The van der Waals surface area contributed by atoms with Gasteiger partial charge in [-0.15, -0.1) is 0 Å². The minimum Gasteiger partial charge on any atom is -0.508 e. The quantitative estimate of drug-likeness (QED) is 0.466. The molecular weight excluding hydrogens is 428 g/mol. The number of rotatable bonds is 4. The molecule has 2 aromatic carbocycles. The molecule has 0 bridgehead atoms. The highest BCUT2D eigenvalue weighted by Gasteiger charge is 2.32. The largest absolute Gasteiger partial charge is 0.508 e. The molecule has 0 unspecified atom stereocenters. The normalized spacial score (nSPS) is 14.9. The van der Waals surface area contributed by atoms with Gasteiger partial charge < -0.3 is 35.1 Å². The molecule has 0 atom stereocenters. The van der Waals surface area contributed by atoms with Gasteiger partial charge in [-0.25, -0.2) is 0 Å². The van der Waals surface area contributed by atoms with E-state index in [2.05, 4.69) is 0 Å². The monoisotopic (exact) mass is 458 g/mol. The van der Waals surface area contributed by atoms with E-state index in [0.717, 1.165) is 0 Å². The zero-order valence-electron chi connectivity index (χ0n) is 19.2. The maximum atomic E-state index is 13.6. The number of fused-ring (bicyclic) bond motifs is 3. The molecule has 6 N–H and O–H groups in total. The van der Waals surface area contributed by atoms with Gasteiger partial charge in [0.1, 0.15) is 45.3 Å². The highest BCUT2D eigenvalue weighted by Crippen LogP contribution is 2.43. The molecule has 0 radical (unpaired) electrons.